The van der Waals surface area contributed by atoms with Crippen molar-refractivity contribution in [2.75, 3.05) is 0 Å². The summed E-state index contributed by atoms with van der Waals surface area (Å²) in [7, 11) is 0. The SMILES string of the molecule is CCc1c(C)[nH]c2c(OCc3ccccc3C)cccc12. The van der Waals surface area contributed by atoms with Gasteiger partial charge in [-0.2, -0.15) is 0 Å². The van der Waals surface area contributed by atoms with Gasteiger partial charge >= 0.3 is 0 Å². The van der Waals surface area contributed by atoms with Crippen LogP contribution in [0.2, 0.25) is 0 Å². The van der Waals surface area contributed by atoms with Crippen LogP contribution in [0.15, 0.2) is 42.5 Å². The first kappa shape index (κ1) is 13.7. The van der Waals surface area contributed by atoms with Gasteiger partial charge in [0, 0.05) is 11.1 Å². The molecule has 2 aromatic carbocycles. The van der Waals surface area contributed by atoms with E-state index in [0.717, 1.165) is 17.7 Å². The number of ether oxygens (including phenoxy) is 1. The van der Waals surface area contributed by atoms with Gasteiger partial charge in [0.2, 0.25) is 0 Å². The fourth-order valence-corrected chi connectivity index (χ4v) is 2.88. The highest BCUT2D eigenvalue weighted by atomic mass is 16.5. The predicted molar refractivity (Wildman–Crippen MR) is 87.9 cm³/mol. The summed E-state index contributed by atoms with van der Waals surface area (Å²) in [5, 5.41) is 1.28. The molecule has 1 heterocycles. The van der Waals surface area contributed by atoms with Crippen molar-refractivity contribution in [3.05, 3.63) is 64.8 Å². The molecule has 3 aromatic rings. The molecule has 0 unspecified atom stereocenters. The van der Waals surface area contributed by atoms with Crippen molar-refractivity contribution in [2.45, 2.75) is 33.8 Å². The fourth-order valence-electron chi connectivity index (χ4n) is 2.88. The maximum absolute atomic E-state index is 6.07. The van der Waals surface area contributed by atoms with Gasteiger partial charge in [-0.05, 0) is 43.0 Å². The molecule has 3 rings (SSSR count). The molecule has 0 spiro atoms. The zero-order valence-corrected chi connectivity index (χ0v) is 12.9. The van der Waals surface area contributed by atoms with Gasteiger partial charge in [0.05, 0.1) is 5.52 Å². The van der Waals surface area contributed by atoms with Crippen LogP contribution in [-0.4, -0.2) is 4.98 Å². The van der Waals surface area contributed by atoms with Gasteiger partial charge in [0.15, 0.2) is 0 Å². The standard InChI is InChI=1S/C19H21NO/c1-4-16-14(3)20-19-17(16)10-7-11-18(19)21-12-15-9-6-5-8-13(15)2/h5-11,20H,4,12H2,1-3H3. The topological polar surface area (TPSA) is 25.0 Å². The zero-order chi connectivity index (χ0) is 14.8. The third kappa shape index (κ3) is 2.54. The van der Waals surface area contributed by atoms with E-state index >= 15 is 0 Å². The lowest BCUT2D eigenvalue weighted by atomic mass is 10.1. The molecule has 0 atom stereocenters. The van der Waals surface area contributed by atoms with Crippen molar-refractivity contribution in [3.8, 4) is 5.75 Å². The molecule has 1 N–H and O–H groups in total. The van der Waals surface area contributed by atoms with Crippen molar-refractivity contribution >= 4 is 10.9 Å². The first-order chi connectivity index (χ1) is 10.2. The zero-order valence-electron chi connectivity index (χ0n) is 12.9. The lowest BCUT2D eigenvalue weighted by molar-refractivity contribution is 0.308. The molecule has 0 amide bonds. The smallest absolute Gasteiger partial charge is 0.143 e. The van der Waals surface area contributed by atoms with Crippen LogP contribution in [0, 0.1) is 13.8 Å². The van der Waals surface area contributed by atoms with Gasteiger partial charge in [-0.1, -0.05) is 43.3 Å². The molecule has 21 heavy (non-hydrogen) atoms. The molecule has 2 nitrogen and oxygen atoms in total. The highest BCUT2D eigenvalue weighted by molar-refractivity contribution is 5.89. The first-order valence-corrected chi connectivity index (χ1v) is 7.48. The summed E-state index contributed by atoms with van der Waals surface area (Å²) in [5.74, 6) is 0.929. The largest absolute Gasteiger partial charge is 0.487 e. The van der Waals surface area contributed by atoms with Crippen LogP contribution >= 0.6 is 0 Å². The number of aromatic amines is 1. The third-order valence-electron chi connectivity index (χ3n) is 4.11. The lowest BCUT2D eigenvalue weighted by Gasteiger charge is -2.09. The van der Waals surface area contributed by atoms with Gasteiger partial charge in [-0.3, -0.25) is 0 Å². The van der Waals surface area contributed by atoms with E-state index in [9.17, 15) is 0 Å². The van der Waals surface area contributed by atoms with Gasteiger partial charge in [-0.15, -0.1) is 0 Å². The Kier molecular flexibility index (Phi) is 3.70. The van der Waals surface area contributed by atoms with Gasteiger partial charge < -0.3 is 9.72 Å². The molecule has 0 bridgehead atoms. The summed E-state index contributed by atoms with van der Waals surface area (Å²) < 4.78 is 6.07. The maximum atomic E-state index is 6.07. The Bertz CT molecular complexity index is 770. The number of fused-ring (bicyclic) bond motifs is 1. The monoisotopic (exact) mass is 279 g/mol. The number of hydrogen-bond donors (Lipinski definition) is 1. The highest BCUT2D eigenvalue weighted by Gasteiger charge is 2.10. The molecule has 0 aliphatic heterocycles. The number of rotatable bonds is 4. The minimum atomic E-state index is 0.602. The second kappa shape index (κ2) is 5.65. The molecule has 2 heteroatoms. The van der Waals surface area contributed by atoms with Crippen molar-refractivity contribution < 1.29 is 4.74 Å². The fraction of sp³-hybridized carbons (Fsp3) is 0.263. The molecule has 0 radical (unpaired) electrons. The normalized spacial score (nSPS) is 11.0. The average Bonchev–Trinajstić information content (AvgIpc) is 2.82. The Morgan fingerprint density at radius 2 is 1.81 bits per heavy atom. The number of H-pyrrole nitrogens is 1. The van der Waals surface area contributed by atoms with E-state index in [4.69, 9.17) is 4.74 Å². The second-order valence-electron chi connectivity index (χ2n) is 5.48. The Hall–Kier alpha value is -2.22. The molecule has 0 saturated carbocycles. The van der Waals surface area contributed by atoms with Crippen LogP contribution in [0.1, 0.15) is 29.3 Å². The van der Waals surface area contributed by atoms with Gasteiger partial charge in [0.1, 0.15) is 12.4 Å². The number of nitrogens with one attached hydrogen (secondary N) is 1. The maximum Gasteiger partial charge on any atom is 0.143 e. The third-order valence-corrected chi connectivity index (χ3v) is 4.11. The first-order valence-electron chi connectivity index (χ1n) is 7.48. The van der Waals surface area contributed by atoms with E-state index < -0.39 is 0 Å². The molecular formula is C19H21NO. The van der Waals surface area contributed by atoms with E-state index in [0.29, 0.717) is 6.61 Å². The molecular weight excluding hydrogens is 258 g/mol. The van der Waals surface area contributed by atoms with Crippen molar-refractivity contribution in [1.82, 2.24) is 4.98 Å². The highest BCUT2D eigenvalue weighted by Crippen LogP contribution is 2.30. The van der Waals surface area contributed by atoms with Crippen LogP contribution in [0.3, 0.4) is 0 Å². The number of aryl methyl sites for hydroxylation is 3. The van der Waals surface area contributed by atoms with Gasteiger partial charge in [0.25, 0.3) is 0 Å². The molecule has 0 saturated heterocycles. The number of para-hydroxylation sites is 1. The number of aromatic nitrogens is 1. The number of hydrogen-bond acceptors (Lipinski definition) is 1. The Labute approximate surface area is 125 Å². The quantitative estimate of drug-likeness (QED) is 0.720. The van der Waals surface area contributed by atoms with Crippen molar-refractivity contribution in [1.29, 1.82) is 0 Å². The Morgan fingerprint density at radius 1 is 1.00 bits per heavy atom. The average molecular weight is 279 g/mol. The lowest BCUT2D eigenvalue weighted by Crippen LogP contribution is -1.98. The molecule has 0 aliphatic rings. The summed E-state index contributed by atoms with van der Waals surface area (Å²) in [4.78, 5) is 3.47. The summed E-state index contributed by atoms with van der Waals surface area (Å²) in [5.41, 5.74) is 6.22. The van der Waals surface area contributed by atoms with Crippen molar-refractivity contribution in [2.24, 2.45) is 0 Å². The van der Waals surface area contributed by atoms with E-state index in [1.54, 1.807) is 0 Å². The summed E-state index contributed by atoms with van der Waals surface area (Å²) in [6, 6.07) is 14.6. The Balaban J connectivity index is 1.93. The minimum absolute atomic E-state index is 0.602. The summed E-state index contributed by atoms with van der Waals surface area (Å²) >= 11 is 0. The summed E-state index contributed by atoms with van der Waals surface area (Å²) in [6.07, 6.45) is 1.03. The summed E-state index contributed by atoms with van der Waals surface area (Å²) in [6.45, 7) is 7.04. The van der Waals surface area contributed by atoms with Crippen LogP contribution < -0.4 is 4.74 Å². The second-order valence-corrected chi connectivity index (χ2v) is 5.48. The van der Waals surface area contributed by atoms with Crippen LogP contribution in [0.25, 0.3) is 10.9 Å². The van der Waals surface area contributed by atoms with E-state index in [1.165, 1.54) is 27.8 Å². The van der Waals surface area contributed by atoms with Crippen LogP contribution in [0.4, 0.5) is 0 Å². The van der Waals surface area contributed by atoms with E-state index in [1.807, 2.05) is 6.07 Å². The van der Waals surface area contributed by atoms with Crippen LogP contribution in [-0.2, 0) is 13.0 Å². The number of benzene rings is 2. The predicted octanol–water partition coefficient (Wildman–Crippen LogP) is 4.93. The van der Waals surface area contributed by atoms with E-state index in [2.05, 4.69) is 62.2 Å². The molecule has 0 aliphatic carbocycles. The Morgan fingerprint density at radius 3 is 2.57 bits per heavy atom. The van der Waals surface area contributed by atoms with Crippen molar-refractivity contribution in [3.63, 3.8) is 0 Å². The molecule has 108 valence electrons. The minimum Gasteiger partial charge on any atom is -0.487 e. The van der Waals surface area contributed by atoms with Gasteiger partial charge in [-0.25, -0.2) is 0 Å². The van der Waals surface area contributed by atoms with Crippen LogP contribution in [0.5, 0.6) is 5.75 Å². The molecule has 0 fully saturated rings. The molecule has 1 aromatic heterocycles. The van der Waals surface area contributed by atoms with E-state index in [-0.39, 0.29) is 0 Å².